The molecule has 0 bridgehead atoms. The number of nitrogens with one attached hydrogen (secondary N) is 1. The van der Waals surface area contributed by atoms with E-state index < -0.39 is 0 Å². The Bertz CT molecular complexity index is 1140. The fourth-order valence-electron chi connectivity index (χ4n) is 4.16. The van der Waals surface area contributed by atoms with Crippen LogP contribution in [0.5, 0.6) is 0 Å². The van der Waals surface area contributed by atoms with Crippen molar-refractivity contribution in [1.29, 1.82) is 0 Å². The van der Waals surface area contributed by atoms with E-state index in [0.717, 1.165) is 31.2 Å². The minimum Gasteiger partial charge on any atom is -0.463 e. The van der Waals surface area contributed by atoms with Crippen LogP contribution in [0.3, 0.4) is 0 Å². The van der Waals surface area contributed by atoms with E-state index >= 15 is 0 Å². The molecule has 4 aromatic rings. The number of nitrogens with zero attached hydrogens (tertiary/aromatic N) is 2. The Labute approximate surface area is 174 Å². The number of hydrogen-bond acceptors (Lipinski definition) is 5. The first-order valence-corrected chi connectivity index (χ1v) is 10.5. The van der Waals surface area contributed by atoms with Gasteiger partial charge < -0.3 is 14.3 Å². The van der Waals surface area contributed by atoms with Crippen molar-refractivity contribution in [1.82, 2.24) is 15.5 Å². The Morgan fingerprint density at radius 1 is 1.00 bits per heavy atom. The van der Waals surface area contributed by atoms with Gasteiger partial charge in [-0.25, -0.2) is 4.98 Å². The molecule has 1 amide bonds. The molecular weight excluding hydrogens is 378 g/mol. The minimum atomic E-state index is -0.123. The Hall–Kier alpha value is -3.41. The molecule has 152 valence electrons. The molecule has 0 radical (unpaired) electrons. The van der Waals surface area contributed by atoms with Gasteiger partial charge in [0.05, 0.1) is 17.2 Å². The summed E-state index contributed by atoms with van der Waals surface area (Å²) in [7, 11) is 0. The van der Waals surface area contributed by atoms with E-state index in [4.69, 9.17) is 8.94 Å². The van der Waals surface area contributed by atoms with Crippen molar-refractivity contribution in [3.63, 3.8) is 0 Å². The monoisotopic (exact) mass is 401 g/mol. The van der Waals surface area contributed by atoms with Crippen molar-refractivity contribution in [2.45, 2.75) is 44.6 Å². The van der Waals surface area contributed by atoms with Crippen LogP contribution < -0.4 is 5.32 Å². The number of furan rings is 1. The van der Waals surface area contributed by atoms with Crippen LogP contribution in [0.25, 0.3) is 33.8 Å². The normalized spacial score (nSPS) is 15.2. The van der Waals surface area contributed by atoms with Crippen LogP contribution in [0, 0.1) is 0 Å². The summed E-state index contributed by atoms with van der Waals surface area (Å²) in [6.45, 7) is 0. The second-order valence-corrected chi connectivity index (χ2v) is 7.77. The molecule has 1 aliphatic carbocycles. The number of amides is 1. The first kappa shape index (κ1) is 18.6. The van der Waals surface area contributed by atoms with E-state index in [1.54, 1.807) is 18.4 Å². The summed E-state index contributed by atoms with van der Waals surface area (Å²) in [6.07, 6.45) is 8.38. The average Bonchev–Trinajstić information content (AvgIpc) is 3.39. The minimum absolute atomic E-state index is 0.123. The fraction of sp³-hybridized carbons (Fsp3) is 0.292. The van der Waals surface area contributed by atoms with Crippen LogP contribution in [0.4, 0.5) is 0 Å². The van der Waals surface area contributed by atoms with Crippen molar-refractivity contribution < 1.29 is 13.7 Å². The molecule has 0 atom stereocenters. The van der Waals surface area contributed by atoms with Crippen LogP contribution in [0.15, 0.2) is 63.7 Å². The number of carbonyl (C=O) groups excluding carboxylic acids is 1. The Balaban J connectivity index is 1.61. The first-order valence-electron chi connectivity index (χ1n) is 10.5. The molecule has 0 unspecified atom stereocenters. The molecule has 0 aliphatic heterocycles. The molecule has 1 aromatic carbocycles. The molecule has 3 aromatic heterocycles. The van der Waals surface area contributed by atoms with Gasteiger partial charge >= 0.3 is 0 Å². The van der Waals surface area contributed by atoms with Crippen molar-refractivity contribution in [3.8, 4) is 22.7 Å². The van der Waals surface area contributed by atoms with Gasteiger partial charge in [-0.15, -0.1) is 0 Å². The third kappa shape index (κ3) is 3.61. The van der Waals surface area contributed by atoms with Gasteiger partial charge in [0.15, 0.2) is 5.76 Å². The predicted molar refractivity (Wildman–Crippen MR) is 114 cm³/mol. The van der Waals surface area contributed by atoms with Crippen LogP contribution in [-0.4, -0.2) is 22.1 Å². The number of rotatable bonds is 4. The molecule has 3 heterocycles. The zero-order valence-corrected chi connectivity index (χ0v) is 16.6. The van der Waals surface area contributed by atoms with Crippen LogP contribution >= 0.6 is 0 Å². The van der Waals surface area contributed by atoms with Crippen LogP contribution in [0.2, 0.25) is 0 Å². The highest BCUT2D eigenvalue weighted by Gasteiger charge is 2.24. The molecule has 1 saturated carbocycles. The van der Waals surface area contributed by atoms with E-state index in [1.165, 1.54) is 12.8 Å². The number of hydrogen-bond donors (Lipinski definition) is 1. The number of fused-ring (bicyclic) bond motifs is 1. The highest BCUT2D eigenvalue weighted by Crippen LogP contribution is 2.33. The Morgan fingerprint density at radius 2 is 1.80 bits per heavy atom. The van der Waals surface area contributed by atoms with Crippen molar-refractivity contribution in [3.05, 3.63) is 60.4 Å². The molecule has 0 saturated heterocycles. The lowest BCUT2D eigenvalue weighted by molar-refractivity contribution is 0.0935. The van der Waals surface area contributed by atoms with Gasteiger partial charge in [0.1, 0.15) is 11.4 Å². The standard InChI is InChI=1S/C24H23N3O3/c28-23(25-17-11-6-1-2-7-12-17)18-15-19(20-13-8-14-29-20)26-24-21(18)22(27-30-24)16-9-4-3-5-10-16/h3-5,8-10,13-15,17H,1-2,6-7,11-12H2,(H,25,28). The molecular formula is C24H23N3O3. The van der Waals surface area contributed by atoms with Gasteiger partial charge in [-0.1, -0.05) is 61.2 Å². The lowest BCUT2D eigenvalue weighted by atomic mass is 10.0. The lowest BCUT2D eigenvalue weighted by Gasteiger charge is -2.17. The number of pyridine rings is 1. The van der Waals surface area contributed by atoms with Crippen LogP contribution in [0.1, 0.15) is 48.9 Å². The predicted octanol–water partition coefficient (Wildman–Crippen LogP) is 5.60. The maximum Gasteiger partial charge on any atom is 0.259 e. The molecule has 0 spiro atoms. The van der Waals surface area contributed by atoms with Gasteiger partial charge in [0.2, 0.25) is 0 Å². The highest BCUT2D eigenvalue weighted by molar-refractivity contribution is 6.10. The van der Waals surface area contributed by atoms with Gasteiger partial charge in [-0.3, -0.25) is 4.79 Å². The smallest absolute Gasteiger partial charge is 0.259 e. The van der Waals surface area contributed by atoms with E-state index in [-0.39, 0.29) is 11.9 Å². The first-order chi connectivity index (χ1) is 14.8. The summed E-state index contributed by atoms with van der Waals surface area (Å²) in [6, 6.07) is 15.3. The summed E-state index contributed by atoms with van der Waals surface area (Å²) >= 11 is 0. The molecule has 1 N–H and O–H groups in total. The third-order valence-electron chi connectivity index (χ3n) is 5.70. The second-order valence-electron chi connectivity index (χ2n) is 7.77. The molecule has 30 heavy (non-hydrogen) atoms. The van der Waals surface area contributed by atoms with Crippen molar-refractivity contribution in [2.75, 3.05) is 0 Å². The maximum absolute atomic E-state index is 13.4. The van der Waals surface area contributed by atoms with Gasteiger partial charge in [0, 0.05) is 11.6 Å². The maximum atomic E-state index is 13.4. The largest absolute Gasteiger partial charge is 0.463 e. The van der Waals surface area contributed by atoms with E-state index in [9.17, 15) is 4.79 Å². The van der Waals surface area contributed by atoms with E-state index in [1.807, 2.05) is 36.4 Å². The van der Waals surface area contributed by atoms with Gasteiger partial charge in [-0.05, 0) is 31.0 Å². The Kier molecular flexibility index (Phi) is 5.05. The average molecular weight is 401 g/mol. The fourth-order valence-corrected chi connectivity index (χ4v) is 4.16. The molecule has 6 heteroatoms. The molecule has 6 nitrogen and oxygen atoms in total. The summed E-state index contributed by atoms with van der Waals surface area (Å²) in [4.78, 5) is 18.0. The summed E-state index contributed by atoms with van der Waals surface area (Å²) < 4.78 is 11.1. The SMILES string of the molecule is O=C(NC1CCCCCC1)c1cc(-c2ccco2)nc2onc(-c3ccccc3)c12. The zero-order chi connectivity index (χ0) is 20.3. The number of aromatic nitrogens is 2. The molecule has 1 aliphatic rings. The van der Waals surface area contributed by atoms with Crippen molar-refractivity contribution >= 4 is 17.0 Å². The van der Waals surface area contributed by atoms with Crippen LogP contribution in [-0.2, 0) is 0 Å². The Morgan fingerprint density at radius 3 is 2.53 bits per heavy atom. The highest BCUT2D eigenvalue weighted by atomic mass is 16.5. The number of carbonyl (C=O) groups is 1. The zero-order valence-electron chi connectivity index (χ0n) is 16.6. The third-order valence-corrected chi connectivity index (χ3v) is 5.70. The topological polar surface area (TPSA) is 81.2 Å². The second kappa shape index (κ2) is 8.14. The number of benzene rings is 1. The van der Waals surface area contributed by atoms with Crippen molar-refractivity contribution in [2.24, 2.45) is 0 Å². The summed E-state index contributed by atoms with van der Waals surface area (Å²) in [5.74, 6) is 0.459. The summed E-state index contributed by atoms with van der Waals surface area (Å²) in [5.41, 5.74) is 2.89. The van der Waals surface area contributed by atoms with Gasteiger partial charge in [-0.2, -0.15) is 0 Å². The molecule has 1 fully saturated rings. The van der Waals surface area contributed by atoms with E-state index in [2.05, 4.69) is 15.5 Å². The molecule has 5 rings (SSSR count). The van der Waals surface area contributed by atoms with Gasteiger partial charge in [0.25, 0.3) is 11.6 Å². The lowest BCUT2D eigenvalue weighted by Crippen LogP contribution is -2.34. The van der Waals surface area contributed by atoms with E-state index in [0.29, 0.717) is 33.8 Å². The quantitative estimate of drug-likeness (QED) is 0.450. The summed E-state index contributed by atoms with van der Waals surface area (Å²) in [5, 5.41) is 8.11.